The summed E-state index contributed by atoms with van der Waals surface area (Å²) in [5.74, 6) is 0.0588. The molecule has 1 aromatic rings. The van der Waals surface area contributed by atoms with Gasteiger partial charge in [-0.15, -0.1) is 0 Å². The monoisotopic (exact) mass is 248 g/mol. The van der Waals surface area contributed by atoms with Gasteiger partial charge in [-0.2, -0.15) is 0 Å². The highest BCUT2D eigenvalue weighted by Gasteiger charge is 2.24. The van der Waals surface area contributed by atoms with Crippen molar-refractivity contribution in [2.75, 3.05) is 13.7 Å². The molecule has 0 aromatic carbocycles. The van der Waals surface area contributed by atoms with Crippen molar-refractivity contribution in [3.8, 4) is 0 Å². The summed E-state index contributed by atoms with van der Waals surface area (Å²) in [6.45, 7) is 0.0586. The van der Waals surface area contributed by atoms with Crippen molar-refractivity contribution in [2.45, 2.75) is 38.1 Å². The number of nitrogens with zero attached hydrogens (tertiary/aromatic N) is 2. The molecule has 18 heavy (non-hydrogen) atoms. The Hall–Kier alpha value is -1.42. The Kier molecular flexibility index (Phi) is 4.31. The zero-order chi connectivity index (χ0) is 13.0. The Morgan fingerprint density at radius 3 is 2.89 bits per heavy atom. The van der Waals surface area contributed by atoms with Crippen LogP contribution < -0.4 is 0 Å². The van der Waals surface area contributed by atoms with E-state index >= 15 is 0 Å². The number of rotatable bonds is 4. The molecule has 0 saturated heterocycles. The van der Waals surface area contributed by atoms with E-state index in [1.165, 1.54) is 12.8 Å². The van der Waals surface area contributed by atoms with E-state index in [1.807, 2.05) is 11.9 Å². The van der Waals surface area contributed by atoms with Gasteiger partial charge in [0.05, 0.1) is 0 Å². The Labute approximate surface area is 108 Å². The highest BCUT2D eigenvalue weighted by molar-refractivity contribution is 5.94. The topological polar surface area (TPSA) is 53.4 Å². The fraction of sp³-hybridized carbons (Fsp3) is 0.571. The maximum atomic E-state index is 12.3. The molecule has 0 spiro atoms. The molecule has 1 saturated carbocycles. The summed E-state index contributed by atoms with van der Waals surface area (Å²) in [6.07, 6.45) is 6.78. The summed E-state index contributed by atoms with van der Waals surface area (Å²) < 4.78 is 0. The lowest BCUT2D eigenvalue weighted by Crippen LogP contribution is -2.35. The third kappa shape index (κ3) is 2.88. The minimum atomic E-state index is 0.0586. The second kappa shape index (κ2) is 5.96. The maximum Gasteiger partial charge on any atom is 0.253 e. The molecule has 0 bridgehead atoms. The first-order valence-electron chi connectivity index (χ1n) is 6.55. The average molecular weight is 248 g/mol. The molecule has 1 aliphatic rings. The Bertz CT molecular complexity index is 414. The summed E-state index contributed by atoms with van der Waals surface area (Å²) in [4.78, 5) is 18.3. The van der Waals surface area contributed by atoms with Crippen LogP contribution in [-0.2, 0) is 6.42 Å². The first-order chi connectivity index (χ1) is 8.72. The normalized spacial score (nSPS) is 15.9. The third-order valence-corrected chi connectivity index (χ3v) is 3.62. The van der Waals surface area contributed by atoms with Gasteiger partial charge in [0.25, 0.3) is 5.91 Å². The smallest absolute Gasteiger partial charge is 0.253 e. The largest absolute Gasteiger partial charge is 0.396 e. The minimum Gasteiger partial charge on any atom is -0.396 e. The molecule has 4 heteroatoms. The van der Waals surface area contributed by atoms with Gasteiger partial charge in [0.15, 0.2) is 0 Å². The van der Waals surface area contributed by atoms with Crippen LogP contribution in [0.15, 0.2) is 18.3 Å². The molecule has 2 rings (SSSR count). The fourth-order valence-electron chi connectivity index (χ4n) is 2.52. The maximum absolute atomic E-state index is 12.3. The van der Waals surface area contributed by atoms with E-state index in [1.54, 1.807) is 18.3 Å². The van der Waals surface area contributed by atoms with Crippen molar-refractivity contribution in [1.82, 2.24) is 9.88 Å². The molecule has 4 nitrogen and oxygen atoms in total. The third-order valence-electron chi connectivity index (χ3n) is 3.62. The van der Waals surface area contributed by atoms with Crippen LogP contribution in [-0.4, -0.2) is 40.6 Å². The number of hydrogen-bond donors (Lipinski definition) is 1. The SMILES string of the molecule is CN(C(=O)c1ccnc(CCO)c1)C1CCCC1. The van der Waals surface area contributed by atoms with Gasteiger partial charge in [-0.25, -0.2) is 0 Å². The number of aliphatic hydroxyl groups excluding tert-OH is 1. The Balaban J connectivity index is 2.09. The van der Waals surface area contributed by atoms with E-state index in [9.17, 15) is 4.79 Å². The van der Waals surface area contributed by atoms with Crippen molar-refractivity contribution in [3.05, 3.63) is 29.6 Å². The van der Waals surface area contributed by atoms with Gasteiger partial charge >= 0.3 is 0 Å². The minimum absolute atomic E-state index is 0.0586. The summed E-state index contributed by atoms with van der Waals surface area (Å²) >= 11 is 0. The quantitative estimate of drug-likeness (QED) is 0.881. The fourth-order valence-corrected chi connectivity index (χ4v) is 2.52. The molecule has 1 aromatic heterocycles. The Morgan fingerprint density at radius 2 is 2.22 bits per heavy atom. The van der Waals surface area contributed by atoms with E-state index in [-0.39, 0.29) is 12.5 Å². The number of carbonyl (C=O) groups is 1. The Morgan fingerprint density at radius 1 is 1.50 bits per heavy atom. The summed E-state index contributed by atoms with van der Waals surface area (Å²) in [7, 11) is 1.88. The van der Waals surface area contributed by atoms with Gasteiger partial charge in [0.2, 0.25) is 0 Å². The molecule has 98 valence electrons. The number of hydrogen-bond acceptors (Lipinski definition) is 3. The standard InChI is InChI=1S/C14H20N2O2/c1-16(13-4-2-3-5-13)14(18)11-6-8-15-12(10-11)7-9-17/h6,8,10,13,17H,2-5,7,9H2,1H3. The van der Waals surface area contributed by atoms with Crippen LogP contribution in [0.2, 0.25) is 0 Å². The van der Waals surface area contributed by atoms with E-state index in [0.717, 1.165) is 18.5 Å². The van der Waals surface area contributed by atoms with Crippen molar-refractivity contribution in [3.63, 3.8) is 0 Å². The zero-order valence-corrected chi connectivity index (χ0v) is 10.8. The lowest BCUT2D eigenvalue weighted by molar-refractivity contribution is 0.0735. The molecule has 0 unspecified atom stereocenters. The number of carbonyl (C=O) groups excluding carboxylic acids is 1. The molecular formula is C14H20N2O2. The van der Waals surface area contributed by atoms with Crippen molar-refractivity contribution < 1.29 is 9.90 Å². The first-order valence-corrected chi connectivity index (χ1v) is 6.55. The number of aliphatic hydroxyl groups is 1. The summed E-state index contributed by atoms with van der Waals surface area (Å²) in [5, 5.41) is 8.90. The second-order valence-corrected chi connectivity index (χ2v) is 4.86. The number of aromatic nitrogens is 1. The molecular weight excluding hydrogens is 228 g/mol. The first kappa shape index (κ1) is 13.0. The van der Waals surface area contributed by atoms with Crippen LogP contribution >= 0.6 is 0 Å². The molecule has 0 radical (unpaired) electrons. The number of amides is 1. The molecule has 0 atom stereocenters. The van der Waals surface area contributed by atoms with Gasteiger partial charge in [-0.3, -0.25) is 9.78 Å². The summed E-state index contributed by atoms with van der Waals surface area (Å²) in [6, 6.07) is 3.91. The predicted octanol–water partition coefficient (Wildman–Crippen LogP) is 1.63. The number of pyridine rings is 1. The van der Waals surface area contributed by atoms with E-state index < -0.39 is 0 Å². The average Bonchev–Trinajstić information content (AvgIpc) is 2.91. The molecule has 1 N–H and O–H groups in total. The lowest BCUT2D eigenvalue weighted by Gasteiger charge is -2.24. The zero-order valence-electron chi connectivity index (χ0n) is 10.8. The van der Waals surface area contributed by atoms with E-state index in [0.29, 0.717) is 18.0 Å². The van der Waals surface area contributed by atoms with Crippen LogP contribution in [0.5, 0.6) is 0 Å². The molecule has 0 aliphatic heterocycles. The molecule has 1 fully saturated rings. The van der Waals surface area contributed by atoms with Gasteiger partial charge in [0.1, 0.15) is 0 Å². The molecule has 1 amide bonds. The van der Waals surface area contributed by atoms with Gasteiger partial charge < -0.3 is 10.0 Å². The van der Waals surface area contributed by atoms with Crippen LogP contribution in [0.1, 0.15) is 41.7 Å². The van der Waals surface area contributed by atoms with Crippen molar-refractivity contribution in [2.24, 2.45) is 0 Å². The van der Waals surface area contributed by atoms with Crippen LogP contribution in [0.25, 0.3) is 0 Å². The summed E-state index contributed by atoms with van der Waals surface area (Å²) in [5.41, 5.74) is 1.44. The van der Waals surface area contributed by atoms with Gasteiger partial charge in [-0.05, 0) is 25.0 Å². The second-order valence-electron chi connectivity index (χ2n) is 4.86. The van der Waals surface area contributed by atoms with Gasteiger partial charge in [-0.1, -0.05) is 12.8 Å². The van der Waals surface area contributed by atoms with Crippen molar-refractivity contribution in [1.29, 1.82) is 0 Å². The van der Waals surface area contributed by atoms with Crippen molar-refractivity contribution >= 4 is 5.91 Å². The van der Waals surface area contributed by atoms with Crippen LogP contribution in [0.3, 0.4) is 0 Å². The predicted molar refractivity (Wildman–Crippen MR) is 69.4 cm³/mol. The van der Waals surface area contributed by atoms with Crippen LogP contribution in [0, 0.1) is 0 Å². The molecule has 1 heterocycles. The van der Waals surface area contributed by atoms with Crippen LogP contribution in [0.4, 0.5) is 0 Å². The van der Waals surface area contributed by atoms with Gasteiger partial charge in [0, 0.05) is 43.6 Å². The highest BCUT2D eigenvalue weighted by Crippen LogP contribution is 2.23. The highest BCUT2D eigenvalue weighted by atomic mass is 16.3. The molecule has 1 aliphatic carbocycles. The lowest BCUT2D eigenvalue weighted by atomic mass is 10.1. The van der Waals surface area contributed by atoms with E-state index in [2.05, 4.69) is 4.98 Å². The van der Waals surface area contributed by atoms with E-state index in [4.69, 9.17) is 5.11 Å².